The topological polar surface area (TPSA) is 48.5 Å². The summed E-state index contributed by atoms with van der Waals surface area (Å²) < 4.78 is 0. The van der Waals surface area contributed by atoms with Crippen LogP contribution < -0.4 is 10.2 Å². The highest BCUT2D eigenvalue weighted by Crippen LogP contribution is 2.20. The molecule has 0 aliphatic carbocycles. The molecule has 2 rings (SSSR count). The Bertz CT molecular complexity index is 680. The number of amides is 1. The molecule has 1 aromatic carbocycles. The van der Waals surface area contributed by atoms with Crippen LogP contribution in [0.4, 0.5) is 5.82 Å². The lowest BCUT2D eigenvalue weighted by molar-refractivity contribution is -0.125. The third-order valence-corrected chi connectivity index (χ3v) is 3.90. The summed E-state index contributed by atoms with van der Waals surface area (Å²) in [6.07, 6.45) is 1.76. The highest BCUT2D eigenvalue weighted by atomic mass is 16.2. The Hall–Kier alpha value is -2.40. The zero-order valence-corrected chi connectivity index (χ0v) is 15.1. The first-order chi connectivity index (χ1) is 11.4. The standard InChI is InChI=1S/C19H26N4O/c1-14-8-10-15(11-9-14)17(22(2)3)19(24)21-13-16-7-6-12-20-18(16)23(4)5/h6-12,17H,13H2,1-5H3,(H,21,24)/t17-/m0/s1. The first kappa shape index (κ1) is 17.9. The Morgan fingerprint density at radius 1 is 1.12 bits per heavy atom. The Kier molecular flexibility index (Phi) is 5.93. The van der Waals surface area contributed by atoms with E-state index in [4.69, 9.17) is 0 Å². The maximum Gasteiger partial charge on any atom is 0.242 e. The van der Waals surface area contributed by atoms with Crippen LogP contribution >= 0.6 is 0 Å². The van der Waals surface area contributed by atoms with E-state index in [2.05, 4.69) is 10.3 Å². The van der Waals surface area contributed by atoms with Crippen LogP contribution in [0, 0.1) is 6.92 Å². The molecule has 1 atom stereocenters. The molecule has 128 valence electrons. The van der Waals surface area contributed by atoms with Crippen LogP contribution in [0.5, 0.6) is 0 Å². The highest BCUT2D eigenvalue weighted by molar-refractivity contribution is 5.83. The molecule has 0 spiro atoms. The SMILES string of the molecule is Cc1ccc([C@@H](C(=O)NCc2cccnc2N(C)C)N(C)C)cc1. The highest BCUT2D eigenvalue weighted by Gasteiger charge is 2.22. The number of hydrogen-bond donors (Lipinski definition) is 1. The maximum atomic E-state index is 12.7. The summed E-state index contributed by atoms with van der Waals surface area (Å²) in [5, 5.41) is 3.04. The van der Waals surface area contributed by atoms with Crippen molar-refractivity contribution in [2.45, 2.75) is 19.5 Å². The fourth-order valence-electron chi connectivity index (χ4n) is 2.68. The van der Waals surface area contributed by atoms with Crippen LogP contribution in [0.15, 0.2) is 42.6 Å². The van der Waals surface area contributed by atoms with Gasteiger partial charge in [0.05, 0.1) is 0 Å². The lowest BCUT2D eigenvalue weighted by Crippen LogP contribution is -2.37. The number of nitrogens with zero attached hydrogens (tertiary/aromatic N) is 3. The number of carbonyl (C=O) groups excluding carboxylic acids is 1. The number of aryl methyl sites for hydroxylation is 1. The van der Waals surface area contributed by atoms with Gasteiger partial charge in [-0.25, -0.2) is 4.98 Å². The summed E-state index contributed by atoms with van der Waals surface area (Å²) in [5.41, 5.74) is 3.17. The number of hydrogen-bond acceptors (Lipinski definition) is 4. The van der Waals surface area contributed by atoms with Crippen molar-refractivity contribution in [1.29, 1.82) is 0 Å². The minimum Gasteiger partial charge on any atom is -0.362 e. The van der Waals surface area contributed by atoms with Crippen molar-refractivity contribution in [1.82, 2.24) is 15.2 Å². The molecule has 0 fully saturated rings. The molecule has 0 saturated heterocycles. The number of benzene rings is 1. The zero-order valence-electron chi connectivity index (χ0n) is 15.1. The molecule has 1 heterocycles. The second kappa shape index (κ2) is 7.93. The molecule has 0 aliphatic rings. The van der Waals surface area contributed by atoms with Crippen LogP contribution in [0.2, 0.25) is 0 Å². The lowest BCUT2D eigenvalue weighted by Gasteiger charge is -2.24. The second-order valence-corrected chi connectivity index (χ2v) is 6.38. The van der Waals surface area contributed by atoms with Gasteiger partial charge in [0.1, 0.15) is 11.9 Å². The predicted octanol–water partition coefficient (Wildman–Crippen LogP) is 2.38. The first-order valence-electron chi connectivity index (χ1n) is 8.02. The minimum atomic E-state index is -0.315. The summed E-state index contributed by atoms with van der Waals surface area (Å²) >= 11 is 0. The molecule has 5 nitrogen and oxygen atoms in total. The normalized spacial score (nSPS) is 12.1. The first-order valence-corrected chi connectivity index (χ1v) is 8.02. The van der Waals surface area contributed by atoms with E-state index >= 15 is 0 Å². The van der Waals surface area contributed by atoms with Crippen LogP contribution in [-0.4, -0.2) is 44.0 Å². The monoisotopic (exact) mass is 326 g/mol. The van der Waals surface area contributed by atoms with Crippen molar-refractivity contribution in [3.63, 3.8) is 0 Å². The van der Waals surface area contributed by atoms with Gasteiger partial charge in [-0.2, -0.15) is 0 Å². The van der Waals surface area contributed by atoms with E-state index in [0.29, 0.717) is 6.54 Å². The molecule has 5 heteroatoms. The van der Waals surface area contributed by atoms with Crippen molar-refractivity contribution in [2.24, 2.45) is 0 Å². The van der Waals surface area contributed by atoms with Gasteiger partial charge in [-0.05, 0) is 32.6 Å². The summed E-state index contributed by atoms with van der Waals surface area (Å²) in [4.78, 5) is 21.0. The van der Waals surface area contributed by atoms with E-state index in [1.807, 2.05) is 81.3 Å². The molecule has 0 bridgehead atoms. The number of carbonyl (C=O) groups is 1. The Balaban J connectivity index is 2.13. The van der Waals surface area contributed by atoms with E-state index in [0.717, 1.165) is 16.9 Å². The van der Waals surface area contributed by atoms with Gasteiger partial charge in [0, 0.05) is 32.4 Å². The van der Waals surface area contributed by atoms with Crippen molar-refractivity contribution >= 4 is 11.7 Å². The van der Waals surface area contributed by atoms with E-state index in [1.54, 1.807) is 6.20 Å². The zero-order chi connectivity index (χ0) is 17.7. The smallest absolute Gasteiger partial charge is 0.242 e. The van der Waals surface area contributed by atoms with Gasteiger partial charge < -0.3 is 10.2 Å². The van der Waals surface area contributed by atoms with Crippen molar-refractivity contribution < 1.29 is 4.79 Å². The van der Waals surface area contributed by atoms with Crippen LogP contribution in [0.25, 0.3) is 0 Å². The van der Waals surface area contributed by atoms with Crippen molar-refractivity contribution in [2.75, 3.05) is 33.1 Å². The minimum absolute atomic E-state index is 0.0163. The molecular formula is C19H26N4O. The molecule has 0 saturated carbocycles. The number of anilines is 1. The molecule has 0 radical (unpaired) electrons. The van der Waals surface area contributed by atoms with Gasteiger partial charge in [-0.1, -0.05) is 35.9 Å². The van der Waals surface area contributed by atoms with Crippen molar-refractivity contribution in [3.8, 4) is 0 Å². The Morgan fingerprint density at radius 2 is 1.79 bits per heavy atom. The molecule has 1 amide bonds. The number of rotatable bonds is 6. The van der Waals surface area contributed by atoms with Gasteiger partial charge >= 0.3 is 0 Å². The predicted molar refractivity (Wildman–Crippen MR) is 98.0 cm³/mol. The fourth-order valence-corrected chi connectivity index (χ4v) is 2.68. The van der Waals surface area contributed by atoms with E-state index in [-0.39, 0.29) is 11.9 Å². The average molecular weight is 326 g/mol. The number of likely N-dealkylation sites (N-methyl/N-ethyl adjacent to an activating group) is 1. The van der Waals surface area contributed by atoms with E-state index < -0.39 is 0 Å². The van der Waals surface area contributed by atoms with Gasteiger partial charge in [0.15, 0.2) is 0 Å². The maximum absolute atomic E-state index is 12.7. The van der Waals surface area contributed by atoms with Gasteiger partial charge in [-0.3, -0.25) is 9.69 Å². The third kappa shape index (κ3) is 4.32. The number of pyridine rings is 1. The van der Waals surface area contributed by atoms with Gasteiger partial charge in [0.25, 0.3) is 0 Å². The molecule has 24 heavy (non-hydrogen) atoms. The quantitative estimate of drug-likeness (QED) is 0.885. The van der Waals surface area contributed by atoms with Crippen LogP contribution in [-0.2, 0) is 11.3 Å². The Morgan fingerprint density at radius 3 is 2.38 bits per heavy atom. The van der Waals surface area contributed by atoms with Crippen LogP contribution in [0.3, 0.4) is 0 Å². The molecule has 0 aliphatic heterocycles. The summed E-state index contributed by atoms with van der Waals surface area (Å²) in [5.74, 6) is 0.854. The third-order valence-electron chi connectivity index (χ3n) is 3.90. The largest absolute Gasteiger partial charge is 0.362 e. The summed E-state index contributed by atoms with van der Waals surface area (Å²) in [6.45, 7) is 2.50. The molecule has 2 aromatic rings. The summed E-state index contributed by atoms with van der Waals surface area (Å²) in [7, 11) is 7.73. The average Bonchev–Trinajstić information content (AvgIpc) is 2.55. The number of nitrogens with one attached hydrogen (secondary N) is 1. The molecule has 1 N–H and O–H groups in total. The molecule has 1 aromatic heterocycles. The van der Waals surface area contributed by atoms with Gasteiger partial charge in [0.2, 0.25) is 5.91 Å². The Labute approximate surface area is 144 Å². The fraction of sp³-hybridized carbons (Fsp3) is 0.368. The van der Waals surface area contributed by atoms with Gasteiger partial charge in [-0.15, -0.1) is 0 Å². The number of aromatic nitrogens is 1. The van der Waals surface area contributed by atoms with Crippen LogP contribution in [0.1, 0.15) is 22.7 Å². The van der Waals surface area contributed by atoms with E-state index in [9.17, 15) is 4.79 Å². The molecule has 0 unspecified atom stereocenters. The second-order valence-electron chi connectivity index (χ2n) is 6.38. The molecular weight excluding hydrogens is 300 g/mol. The van der Waals surface area contributed by atoms with Crippen molar-refractivity contribution in [3.05, 3.63) is 59.3 Å². The van der Waals surface area contributed by atoms with E-state index in [1.165, 1.54) is 5.56 Å². The summed E-state index contributed by atoms with van der Waals surface area (Å²) in [6, 6.07) is 11.6. The lowest BCUT2D eigenvalue weighted by atomic mass is 10.0.